The van der Waals surface area contributed by atoms with Crippen LogP contribution in [0, 0.1) is 6.92 Å². The summed E-state index contributed by atoms with van der Waals surface area (Å²) in [6.45, 7) is 4.40. The summed E-state index contributed by atoms with van der Waals surface area (Å²) in [5.74, 6) is 1.37. The van der Waals surface area contributed by atoms with E-state index >= 15 is 0 Å². The number of imidazole rings is 1. The van der Waals surface area contributed by atoms with Crippen molar-refractivity contribution < 1.29 is 0 Å². The maximum absolute atomic E-state index is 12.6. The van der Waals surface area contributed by atoms with Crippen molar-refractivity contribution in [2.75, 3.05) is 6.54 Å². The molecule has 0 spiro atoms. The Hall–Kier alpha value is -1.95. The number of aryl methyl sites for hydroxylation is 1. The van der Waals surface area contributed by atoms with Crippen LogP contribution in [0.15, 0.2) is 11.1 Å². The molecule has 0 unspecified atom stereocenters. The van der Waals surface area contributed by atoms with Gasteiger partial charge in [-0.25, -0.2) is 9.97 Å². The van der Waals surface area contributed by atoms with Crippen LogP contribution in [0.4, 0.5) is 0 Å². The summed E-state index contributed by atoms with van der Waals surface area (Å²) in [6, 6.07) is 0. The summed E-state index contributed by atoms with van der Waals surface area (Å²) in [5, 5.41) is 0. The summed E-state index contributed by atoms with van der Waals surface area (Å²) < 4.78 is 0. The van der Waals surface area contributed by atoms with Crippen molar-refractivity contribution >= 4 is 0 Å². The molecule has 24 heavy (non-hydrogen) atoms. The van der Waals surface area contributed by atoms with Crippen molar-refractivity contribution in [2.45, 2.75) is 64.5 Å². The summed E-state index contributed by atoms with van der Waals surface area (Å²) in [4.78, 5) is 30.3. The smallest absolute Gasteiger partial charge is 0.255 e. The van der Waals surface area contributed by atoms with E-state index in [9.17, 15) is 4.79 Å². The Labute approximate surface area is 141 Å². The number of H-pyrrole nitrogens is 2. The first-order chi connectivity index (χ1) is 11.7. The van der Waals surface area contributed by atoms with Gasteiger partial charge in [-0.2, -0.15) is 0 Å². The van der Waals surface area contributed by atoms with Crippen LogP contribution in [0.2, 0.25) is 0 Å². The normalized spacial score (nSPS) is 19.4. The van der Waals surface area contributed by atoms with Gasteiger partial charge in [0.25, 0.3) is 5.56 Å². The minimum atomic E-state index is 0.0593. The molecule has 0 radical (unpaired) electrons. The van der Waals surface area contributed by atoms with E-state index in [-0.39, 0.29) is 5.56 Å². The molecule has 2 aromatic heterocycles. The Balaban J connectivity index is 1.53. The van der Waals surface area contributed by atoms with E-state index < -0.39 is 0 Å². The summed E-state index contributed by atoms with van der Waals surface area (Å²) in [5.41, 5.74) is 4.06. The first kappa shape index (κ1) is 15.6. The minimum absolute atomic E-state index is 0.0593. The highest BCUT2D eigenvalue weighted by Gasteiger charge is 2.25. The van der Waals surface area contributed by atoms with Gasteiger partial charge in [0.2, 0.25) is 0 Å². The maximum Gasteiger partial charge on any atom is 0.255 e. The Morgan fingerprint density at radius 1 is 1.29 bits per heavy atom. The van der Waals surface area contributed by atoms with Crippen molar-refractivity contribution in [1.82, 2.24) is 24.8 Å². The van der Waals surface area contributed by atoms with Crippen LogP contribution >= 0.6 is 0 Å². The van der Waals surface area contributed by atoms with Crippen LogP contribution in [0.3, 0.4) is 0 Å². The molecule has 1 saturated carbocycles. The lowest BCUT2D eigenvalue weighted by atomic mass is 9.88. The monoisotopic (exact) mass is 327 g/mol. The molecule has 4 rings (SSSR count). The topological polar surface area (TPSA) is 77.7 Å². The molecular formula is C18H25N5O. The number of aromatic nitrogens is 4. The zero-order valence-electron chi connectivity index (χ0n) is 14.3. The van der Waals surface area contributed by atoms with Crippen LogP contribution in [-0.2, 0) is 19.5 Å². The third-order valence-electron chi connectivity index (χ3n) is 5.47. The lowest BCUT2D eigenvalue weighted by molar-refractivity contribution is 0.238. The van der Waals surface area contributed by atoms with Crippen molar-refractivity contribution in [3.8, 4) is 0 Å². The average molecular weight is 327 g/mol. The van der Waals surface area contributed by atoms with E-state index in [4.69, 9.17) is 4.98 Å². The standard InChI is InChI=1S/C18H25N5O/c1-12-16(20-11-19-12)10-23-8-7-15-14(9-23)18(24)22-17(21-15)13-5-3-2-4-6-13/h11,13H,2-10H2,1H3,(H,19,20)(H,21,22,24). The molecule has 6 heteroatoms. The van der Waals surface area contributed by atoms with E-state index in [2.05, 4.69) is 19.9 Å². The van der Waals surface area contributed by atoms with Gasteiger partial charge in [0, 0.05) is 37.7 Å². The first-order valence-electron chi connectivity index (χ1n) is 9.04. The predicted molar refractivity (Wildman–Crippen MR) is 91.8 cm³/mol. The molecule has 2 aromatic rings. The second-order valence-corrected chi connectivity index (χ2v) is 7.15. The predicted octanol–water partition coefficient (Wildman–Crippen LogP) is 2.41. The summed E-state index contributed by atoms with van der Waals surface area (Å²) in [6.07, 6.45) is 8.71. The number of hydrogen-bond acceptors (Lipinski definition) is 4. The van der Waals surface area contributed by atoms with Crippen LogP contribution in [0.1, 0.15) is 66.5 Å². The number of aromatic amines is 2. The number of nitrogens with zero attached hydrogens (tertiary/aromatic N) is 3. The Bertz CT molecular complexity index is 772. The molecule has 0 amide bonds. The fraction of sp³-hybridized carbons (Fsp3) is 0.611. The first-order valence-corrected chi connectivity index (χ1v) is 9.04. The van der Waals surface area contributed by atoms with Crippen LogP contribution in [-0.4, -0.2) is 31.4 Å². The van der Waals surface area contributed by atoms with Crippen LogP contribution in [0.25, 0.3) is 0 Å². The van der Waals surface area contributed by atoms with Gasteiger partial charge < -0.3 is 9.97 Å². The number of nitrogens with one attached hydrogen (secondary N) is 2. The third kappa shape index (κ3) is 3.02. The molecule has 0 atom stereocenters. The van der Waals surface area contributed by atoms with Gasteiger partial charge in [0.15, 0.2) is 0 Å². The van der Waals surface area contributed by atoms with Crippen molar-refractivity contribution in [3.05, 3.63) is 45.2 Å². The van der Waals surface area contributed by atoms with E-state index in [1.165, 1.54) is 19.3 Å². The number of hydrogen-bond donors (Lipinski definition) is 2. The SMILES string of the molecule is Cc1[nH]cnc1CN1CCc2nc(C3CCCCC3)[nH]c(=O)c2C1. The zero-order valence-corrected chi connectivity index (χ0v) is 14.3. The number of fused-ring (bicyclic) bond motifs is 1. The van der Waals surface area contributed by atoms with Gasteiger partial charge >= 0.3 is 0 Å². The molecular weight excluding hydrogens is 302 g/mol. The Morgan fingerprint density at radius 3 is 2.88 bits per heavy atom. The largest absolute Gasteiger partial charge is 0.348 e. The highest BCUT2D eigenvalue weighted by Crippen LogP contribution is 2.30. The highest BCUT2D eigenvalue weighted by molar-refractivity contribution is 5.22. The molecule has 1 aliphatic carbocycles. The molecule has 1 fully saturated rings. The van der Waals surface area contributed by atoms with E-state index in [1.807, 2.05) is 6.92 Å². The second-order valence-electron chi connectivity index (χ2n) is 7.15. The number of rotatable bonds is 3. The van der Waals surface area contributed by atoms with E-state index in [0.29, 0.717) is 12.5 Å². The minimum Gasteiger partial charge on any atom is -0.348 e. The molecule has 2 N–H and O–H groups in total. The van der Waals surface area contributed by atoms with E-state index in [1.54, 1.807) is 6.33 Å². The van der Waals surface area contributed by atoms with E-state index in [0.717, 1.165) is 60.8 Å². The van der Waals surface area contributed by atoms with Gasteiger partial charge in [0.05, 0.1) is 23.3 Å². The Kier molecular flexibility index (Phi) is 4.22. The lowest BCUT2D eigenvalue weighted by Crippen LogP contribution is -2.36. The summed E-state index contributed by atoms with van der Waals surface area (Å²) >= 11 is 0. The maximum atomic E-state index is 12.6. The molecule has 2 aliphatic rings. The summed E-state index contributed by atoms with van der Waals surface area (Å²) in [7, 11) is 0. The van der Waals surface area contributed by atoms with Crippen molar-refractivity contribution in [3.63, 3.8) is 0 Å². The fourth-order valence-corrected chi connectivity index (χ4v) is 3.96. The molecule has 0 aromatic carbocycles. The van der Waals surface area contributed by atoms with Crippen molar-refractivity contribution in [2.24, 2.45) is 0 Å². The fourth-order valence-electron chi connectivity index (χ4n) is 3.96. The van der Waals surface area contributed by atoms with Crippen molar-refractivity contribution in [1.29, 1.82) is 0 Å². The molecule has 6 nitrogen and oxygen atoms in total. The van der Waals surface area contributed by atoms with Crippen LogP contribution < -0.4 is 5.56 Å². The Morgan fingerprint density at radius 2 is 2.12 bits per heavy atom. The average Bonchev–Trinajstić information content (AvgIpc) is 3.01. The van der Waals surface area contributed by atoms with Gasteiger partial charge in [-0.3, -0.25) is 9.69 Å². The zero-order chi connectivity index (χ0) is 16.5. The highest BCUT2D eigenvalue weighted by atomic mass is 16.1. The van der Waals surface area contributed by atoms with Gasteiger partial charge in [-0.05, 0) is 19.8 Å². The molecule has 0 bridgehead atoms. The second kappa shape index (κ2) is 6.51. The third-order valence-corrected chi connectivity index (χ3v) is 5.47. The van der Waals surface area contributed by atoms with Gasteiger partial charge in [0.1, 0.15) is 5.82 Å². The quantitative estimate of drug-likeness (QED) is 0.907. The molecule has 1 aliphatic heterocycles. The van der Waals surface area contributed by atoms with Crippen LogP contribution in [0.5, 0.6) is 0 Å². The van der Waals surface area contributed by atoms with Gasteiger partial charge in [-0.15, -0.1) is 0 Å². The lowest BCUT2D eigenvalue weighted by Gasteiger charge is -2.28. The molecule has 3 heterocycles. The van der Waals surface area contributed by atoms with Gasteiger partial charge in [-0.1, -0.05) is 19.3 Å². The molecule has 128 valence electrons. The molecule has 0 saturated heterocycles.